The highest BCUT2D eigenvalue weighted by Crippen LogP contribution is 2.25. The maximum Gasteiger partial charge on any atom is 0.277 e. The lowest BCUT2D eigenvalue weighted by molar-refractivity contribution is -0.123. The van der Waals surface area contributed by atoms with Crippen LogP contribution >= 0.6 is 27.5 Å². The Morgan fingerprint density at radius 1 is 1.14 bits per heavy atom. The normalized spacial score (nSPS) is 11.1. The summed E-state index contributed by atoms with van der Waals surface area (Å²) in [6.07, 6.45) is 0.0383. The van der Waals surface area contributed by atoms with Gasteiger partial charge in [0, 0.05) is 16.4 Å². The molecule has 0 unspecified atom stereocenters. The standard InChI is InChI=1S/C20H21BrClN3O3/c1-12-4-7-18(16(21)8-12)28-11-20(27)25-24-14(3)9-19(26)23-17-10-15(22)6-5-13(17)2/h4-8,10H,9,11H2,1-3H3,(H,23,26)(H,25,27). The van der Waals surface area contributed by atoms with Crippen molar-refractivity contribution in [3.05, 3.63) is 57.0 Å². The van der Waals surface area contributed by atoms with Gasteiger partial charge >= 0.3 is 0 Å². The number of aryl methyl sites for hydroxylation is 2. The summed E-state index contributed by atoms with van der Waals surface area (Å²) >= 11 is 9.33. The van der Waals surface area contributed by atoms with Gasteiger partial charge < -0.3 is 10.1 Å². The monoisotopic (exact) mass is 465 g/mol. The van der Waals surface area contributed by atoms with Crippen LogP contribution in [-0.4, -0.2) is 24.1 Å². The van der Waals surface area contributed by atoms with Crippen molar-refractivity contribution in [1.82, 2.24) is 5.43 Å². The summed E-state index contributed by atoms with van der Waals surface area (Å²) in [4.78, 5) is 24.0. The van der Waals surface area contributed by atoms with E-state index in [1.54, 1.807) is 25.1 Å². The Balaban J connectivity index is 1.81. The summed E-state index contributed by atoms with van der Waals surface area (Å²) in [5.41, 5.74) is 5.47. The number of rotatable bonds is 7. The first kappa shape index (κ1) is 21.9. The van der Waals surface area contributed by atoms with Gasteiger partial charge in [0.25, 0.3) is 5.91 Å². The predicted octanol–water partition coefficient (Wildman–Crippen LogP) is 4.62. The van der Waals surface area contributed by atoms with Crippen LogP contribution in [-0.2, 0) is 9.59 Å². The van der Waals surface area contributed by atoms with Crippen LogP contribution in [0.1, 0.15) is 24.5 Å². The van der Waals surface area contributed by atoms with Crippen molar-refractivity contribution in [3.63, 3.8) is 0 Å². The molecule has 0 bridgehead atoms. The van der Waals surface area contributed by atoms with E-state index in [9.17, 15) is 9.59 Å². The Kier molecular flexibility index (Phi) is 8.02. The lowest BCUT2D eigenvalue weighted by Gasteiger charge is -2.09. The molecule has 8 heteroatoms. The van der Waals surface area contributed by atoms with Crippen molar-refractivity contribution in [2.45, 2.75) is 27.2 Å². The molecular formula is C20H21BrClN3O3. The maximum atomic E-state index is 12.1. The third-order valence-corrected chi connectivity index (χ3v) is 4.56. The van der Waals surface area contributed by atoms with Crippen molar-refractivity contribution in [2.75, 3.05) is 11.9 Å². The van der Waals surface area contributed by atoms with Gasteiger partial charge in [-0.15, -0.1) is 0 Å². The van der Waals surface area contributed by atoms with E-state index in [2.05, 4.69) is 31.8 Å². The van der Waals surface area contributed by atoms with Gasteiger partial charge in [0.1, 0.15) is 5.75 Å². The van der Waals surface area contributed by atoms with Gasteiger partial charge in [0.2, 0.25) is 5.91 Å². The Morgan fingerprint density at radius 3 is 2.61 bits per heavy atom. The molecule has 28 heavy (non-hydrogen) atoms. The average molecular weight is 467 g/mol. The smallest absolute Gasteiger partial charge is 0.277 e. The largest absolute Gasteiger partial charge is 0.483 e. The minimum atomic E-state index is -0.419. The van der Waals surface area contributed by atoms with Crippen LogP contribution in [0.5, 0.6) is 5.75 Å². The number of carbonyl (C=O) groups is 2. The van der Waals surface area contributed by atoms with E-state index in [0.717, 1.165) is 15.6 Å². The van der Waals surface area contributed by atoms with Gasteiger partial charge in [-0.25, -0.2) is 5.43 Å². The average Bonchev–Trinajstić information content (AvgIpc) is 2.62. The number of nitrogens with one attached hydrogen (secondary N) is 2. The molecule has 0 heterocycles. The summed E-state index contributed by atoms with van der Waals surface area (Å²) in [5.74, 6) is -0.101. The molecule has 2 rings (SSSR count). The van der Waals surface area contributed by atoms with Crippen molar-refractivity contribution in [1.29, 1.82) is 0 Å². The number of hydrogen-bond donors (Lipinski definition) is 2. The number of ether oxygens (including phenoxy) is 1. The lowest BCUT2D eigenvalue weighted by atomic mass is 10.2. The summed E-state index contributed by atoms with van der Waals surface area (Å²) in [5, 5.41) is 7.25. The molecule has 0 radical (unpaired) electrons. The summed E-state index contributed by atoms with van der Waals surface area (Å²) < 4.78 is 6.22. The van der Waals surface area contributed by atoms with E-state index in [1.165, 1.54) is 0 Å². The topological polar surface area (TPSA) is 79.8 Å². The molecule has 0 aliphatic rings. The van der Waals surface area contributed by atoms with Crippen molar-refractivity contribution in [2.24, 2.45) is 5.10 Å². The van der Waals surface area contributed by atoms with Crippen LogP contribution in [0.4, 0.5) is 5.69 Å². The summed E-state index contributed by atoms with van der Waals surface area (Å²) in [6.45, 7) is 5.30. The van der Waals surface area contributed by atoms with Crippen LogP contribution in [0, 0.1) is 13.8 Å². The second kappa shape index (κ2) is 10.2. The fourth-order valence-electron chi connectivity index (χ4n) is 2.25. The Labute approximate surface area is 177 Å². The maximum absolute atomic E-state index is 12.1. The molecule has 0 saturated carbocycles. The highest BCUT2D eigenvalue weighted by molar-refractivity contribution is 9.10. The van der Waals surface area contributed by atoms with Gasteiger partial charge in [-0.1, -0.05) is 23.7 Å². The molecule has 6 nitrogen and oxygen atoms in total. The van der Waals surface area contributed by atoms with Gasteiger partial charge in [0.05, 0.1) is 10.9 Å². The second-order valence-corrected chi connectivity index (χ2v) is 7.58. The Morgan fingerprint density at radius 2 is 1.89 bits per heavy atom. The Hall–Kier alpha value is -2.38. The lowest BCUT2D eigenvalue weighted by Crippen LogP contribution is -2.26. The summed E-state index contributed by atoms with van der Waals surface area (Å²) in [6, 6.07) is 10.8. The number of benzene rings is 2. The molecule has 2 amide bonds. The van der Waals surface area contributed by atoms with E-state index in [-0.39, 0.29) is 18.9 Å². The van der Waals surface area contributed by atoms with E-state index in [4.69, 9.17) is 16.3 Å². The quantitative estimate of drug-likeness (QED) is 0.461. The molecule has 148 valence electrons. The fraction of sp³-hybridized carbons (Fsp3) is 0.250. The van der Waals surface area contributed by atoms with E-state index < -0.39 is 5.91 Å². The third kappa shape index (κ3) is 6.98. The molecule has 2 aromatic rings. The van der Waals surface area contributed by atoms with Crippen molar-refractivity contribution in [3.8, 4) is 5.75 Å². The first-order chi connectivity index (χ1) is 13.2. The van der Waals surface area contributed by atoms with Gasteiger partial charge in [0.15, 0.2) is 6.61 Å². The summed E-state index contributed by atoms with van der Waals surface area (Å²) in [7, 11) is 0. The fourth-order valence-corrected chi connectivity index (χ4v) is 3.03. The molecule has 0 fully saturated rings. The van der Waals surface area contributed by atoms with Crippen molar-refractivity contribution < 1.29 is 14.3 Å². The number of hydrazone groups is 1. The van der Waals surface area contributed by atoms with Crippen LogP contribution in [0.2, 0.25) is 5.02 Å². The molecule has 0 aromatic heterocycles. The minimum Gasteiger partial charge on any atom is -0.483 e. The number of hydrogen-bond acceptors (Lipinski definition) is 4. The molecule has 0 aliphatic heterocycles. The molecule has 0 atom stereocenters. The number of amides is 2. The van der Waals surface area contributed by atoms with E-state index in [0.29, 0.717) is 22.2 Å². The van der Waals surface area contributed by atoms with Gasteiger partial charge in [-0.05, 0) is 72.1 Å². The van der Waals surface area contributed by atoms with E-state index in [1.807, 2.05) is 32.0 Å². The number of carbonyl (C=O) groups excluding carboxylic acids is 2. The SMILES string of the molecule is CC(CC(=O)Nc1cc(Cl)ccc1C)=NNC(=O)COc1ccc(C)cc1Br. The van der Waals surface area contributed by atoms with E-state index >= 15 is 0 Å². The highest BCUT2D eigenvalue weighted by Gasteiger charge is 2.09. The molecule has 2 aromatic carbocycles. The molecule has 2 N–H and O–H groups in total. The van der Waals surface area contributed by atoms with Crippen LogP contribution in [0.15, 0.2) is 46.0 Å². The second-order valence-electron chi connectivity index (χ2n) is 6.29. The third-order valence-electron chi connectivity index (χ3n) is 3.71. The zero-order valence-corrected chi connectivity index (χ0v) is 18.1. The molecule has 0 spiro atoms. The zero-order valence-electron chi connectivity index (χ0n) is 15.8. The number of halogens is 2. The van der Waals surface area contributed by atoms with Crippen LogP contribution in [0.3, 0.4) is 0 Å². The zero-order chi connectivity index (χ0) is 20.7. The minimum absolute atomic E-state index is 0.0383. The van der Waals surface area contributed by atoms with Crippen LogP contribution in [0.25, 0.3) is 0 Å². The molecular weight excluding hydrogens is 446 g/mol. The van der Waals surface area contributed by atoms with Crippen LogP contribution < -0.4 is 15.5 Å². The molecule has 0 saturated heterocycles. The highest BCUT2D eigenvalue weighted by atomic mass is 79.9. The van der Waals surface area contributed by atoms with Gasteiger partial charge in [-0.3, -0.25) is 9.59 Å². The van der Waals surface area contributed by atoms with Gasteiger partial charge in [-0.2, -0.15) is 5.10 Å². The Bertz CT molecular complexity index is 916. The molecule has 0 aliphatic carbocycles. The number of anilines is 1. The first-order valence-electron chi connectivity index (χ1n) is 8.51. The van der Waals surface area contributed by atoms with Crippen molar-refractivity contribution >= 4 is 50.7 Å². The first-order valence-corrected chi connectivity index (χ1v) is 9.68. The number of nitrogens with zero attached hydrogens (tertiary/aromatic N) is 1. The predicted molar refractivity (Wildman–Crippen MR) is 115 cm³/mol.